The quantitative estimate of drug-likeness (QED) is 0.341. The molecule has 0 spiro atoms. The molecule has 0 fully saturated rings. The molecule has 0 aromatic carbocycles. The van der Waals surface area contributed by atoms with E-state index in [4.69, 9.17) is 79.1 Å². The minimum Gasteiger partial charge on any atom is -0.494 e. The molecule has 2 atom stereocenters. The molecule has 156 valence electrons. The Labute approximate surface area is 187 Å². The van der Waals surface area contributed by atoms with Gasteiger partial charge >= 0.3 is 6.16 Å². The number of halogens is 6. The molecule has 2 unspecified atom stereocenters. The molecular formula is C13H10Cl6N2O7. The summed E-state index contributed by atoms with van der Waals surface area (Å²) in [5.41, 5.74) is 0. The number of hydrogen-bond donors (Lipinski definition) is 4. The Kier molecular flexibility index (Phi) is 6.79. The van der Waals surface area contributed by atoms with Crippen molar-refractivity contribution in [2.75, 3.05) is 0 Å². The number of nitrogens with zero attached hydrogens (tertiary/aromatic N) is 2. The Morgan fingerprint density at radius 2 is 0.964 bits per heavy atom. The highest BCUT2D eigenvalue weighted by molar-refractivity contribution is 6.68. The Morgan fingerprint density at radius 3 is 1.18 bits per heavy atom. The van der Waals surface area contributed by atoms with E-state index in [9.17, 15) is 25.2 Å². The van der Waals surface area contributed by atoms with Crippen LogP contribution in [0, 0.1) is 0 Å². The molecule has 2 rings (SSSR count). The molecule has 0 aliphatic carbocycles. The first-order valence-electron chi connectivity index (χ1n) is 6.92. The van der Waals surface area contributed by atoms with Gasteiger partial charge < -0.3 is 29.9 Å². The second-order valence-corrected chi connectivity index (χ2v) is 9.85. The highest BCUT2D eigenvalue weighted by atomic mass is 35.6. The predicted octanol–water partition coefficient (Wildman–Crippen LogP) is 4.70. The highest BCUT2D eigenvalue weighted by Crippen LogP contribution is 2.46. The van der Waals surface area contributed by atoms with Gasteiger partial charge in [0.2, 0.25) is 20.0 Å². The lowest BCUT2D eigenvalue weighted by atomic mass is 10.5. The van der Waals surface area contributed by atoms with Gasteiger partial charge in [0.15, 0.2) is 23.5 Å². The molecular weight excluding hydrogens is 509 g/mol. The molecule has 2 heterocycles. The van der Waals surface area contributed by atoms with E-state index in [2.05, 4.69) is 0 Å². The lowest BCUT2D eigenvalue weighted by Gasteiger charge is -2.29. The van der Waals surface area contributed by atoms with E-state index in [1.807, 2.05) is 0 Å². The second kappa shape index (κ2) is 8.25. The van der Waals surface area contributed by atoms with Gasteiger partial charge in [0, 0.05) is 24.3 Å². The summed E-state index contributed by atoms with van der Waals surface area (Å²) in [5.74, 6) is -2.44. The van der Waals surface area contributed by atoms with Crippen molar-refractivity contribution in [2.45, 2.75) is 20.0 Å². The number of hydrogen-bond acceptors (Lipinski definition) is 7. The van der Waals surface area contributed by atoms with Gasteiger partial charge in [-0.05, 0) is 0 Å². The van der Waals surface area contributed by atoms with Crippen LogP contribution in [0.4, 0.5) is 4.79 Å². The molecule has 4 N–H and O–H groups in total. The average molecular weight is 519 g/mol. The number of carbonyl (C=O) groups excluding carboxylic acids is 1. The summed E-state index contributed by atoms with van der Waals surface area (Å²) in [5, 5.41) is 39.1. The van der Waals surface area contributed by atoms with Crippen LogP contribution in [0.5, 0.6) is 23.5 Å². The molecule has 0 saturated carbocycles. The zero-order valence-corrected chi connectivity index (χ0v) is 17.7. The number of carbonyl (C=O) groups is 1. The van der Waals surface area contributed by atoms with E-state index >= 15 is 0 Å². The van der Waals surface area contributed by atoms with Crippen molar-refractivity contribution < 1.29 is 34.7 Å². The number of ether oxygens (including phenoxy) is 2. The first kappa shape index (κ1) is 23.1. The van der Waals surface area contributed by atoms with Gasteiger partial charge in [0.1, 0.15) is 0 Å². The van der Waals surface area contributed by atoms with Crippen LogP contribution in [0.15, 0.2) is 24.3 Å². The minimum absolute atomic E-state index is 0.573. The van der Waals surface area contributed by atoms with E-state index < -0.39 is 49.7 Å². The third-order valence-electron chi connectivity index (χ3n) is 3.19. The van der Waals surface area contributed by atoms with Crippen LogP contribution < -0.4 is 0 Å². The van der Waals surface area contributed by atoms with Crippen molar-refractivity contribution >= 4 is 75.8 Å². The molecule has 0 aliphatic rings. The van der Waals surface area contributed by atoms with Crippen LogP contribution in [-0.2, 0) is 9.47 Å². The van der Waals surface area contributed by atoms with Crippen molar-refractivity contribution in [1.82, 2.24) is 9.13 Å². The number of aromatic nitrogens is 2. The third kappa shape index (κ3) is 5.03. The fourth-order valence-corrected chi connectivity index (χ4v) is 2.93. The van der Waals surface area contributed by atoms with Crippen LogP contribution in [0.3, 0.4) is 0 Å². The molecule has 0 amide bonds. The first-order valence-corrected chi connectivity index (χ1v) is 9.19. The van der Waals surface area contributed by atoms with Gasteiger partial charge in [0.05, 0.1) is 0 Å². The third-order valence-corrected chi connectivity index (χ3v) is 4.32. The average Bonchev–Trinajstić information content (AvgIpc) is 3.03. The van der Waals surface area contributed by atoms with Crippen molar-refractivity contribution in [1.29, 1.82) is 0 Å². The van der Waals surface area contributed by atoms with Crippen molar-refractivity contribution in [3.8, 4) is 23.5 Å². The summed E-state index contributed by atoms with van der Waals surface area (Å²) in [6, 6.07) is 4.14. The summed E-state index contributed by atoms with van der Waals surface area (Å²) in [6.45, 7) is 0. The summed E-state index contributed by atoms with van der Waals surface area (Å²) < 4.78 is 6.08. The van der Waals surface area contributed by atoms with Crippen molar-refractivity contribution in [3.63, 3.8) is 0 Å². The lowest BCUT2D eigenvalue weighted by Crippen LogP contribution is -2.33. The Balaban J connectivity index is 2.33. The van der Waals surface area contributed by atoms with Crippen molar-refractivity contribution in [3.05, 3.63) is 24.3 Å². The lowest BCUT2D eigenvalue weighted by molar-refractivity contribution is -0.0452. The molecule has 28 heavy (non-hydrogen) atoms. The molecule has 2 aromatic rings. The van der Waals surface area contributed by atoms with Gasteiger partial charge in [-0.3, -0.25) is 0 Å². The van der Waals surface area contributed by atoms with Crippen LogP contribution in [0.25, 0.3) is 0 Å². The number of alkyl halides is 6. The molecule has 15 heteroatoms. The van der Waals surface area contributed by atoms with E-state index in [-0.39, 0.29) is 0 Å². The second-order valence-electron chi connectivity index (χ2n) is 5.11. The molecule has 0 radical (unpaired) electrons. The standard InChI is InChI=1S/C13H10Cl6N2O7/c14-12(15,16)9(20-5(22)1-2-6(20)23)27-11(26)28-10(13(17,18)19)21-7(24)3-4-8(21)25/h1-4,9-10,22-25H. The number of rotatable bonds is 4. The van der Waals surface area contributed by atoms with Crippen LogP contribution in [-0.4, -0.2) is 43.3 Å². The maximum atomic E-state index is 12.2. The van der Waals surface area contributed by atoms with Crippen LogP contribution in [0.1, 0.15) is 12.5 Å². The summed E-state index contributed by atoms with van der Waals surface area (Å²) >= 11 is 34.5. The monoisotopic (exact) mass is 516 g/mol. The molecule has 9 nitrogen and oxygen atoms in total. The van der Waals surface area contributed by atoms with E-state index in [0.29, 0.717) is 9.13 Å². The van der Waals surface area contributed by atoms with E-state index in [1.165, 1.54) is 0 Å². The fraction of sp³-hybridized carbons (Fsp3) is 0.308. The normalized spacial score (nSPS) is 14.5. The largest absolute Gasteiger partial charge is 0.512 e. The first-order chi connectivity index (χ1) is 12.7. The van der Waals surface area contributed by atoms with Gasteiger partial charge in [-0.15, -0.1) is 0 Å². The minimum atomic E-state index is -2.39. The van der Waals surface area contributed by atoms with E-state index in [1.54, 1.807) is 0 Å². The summed E-state index contributed by atoms with van der Waals surface area (Å²) in [6.07, 6.45) is -5.43. The molecule has 0 aliphatic heterocycles. The Morgan fingerprint density at radius 1 is 0.714 bits per heavy atom. The maximum Gasteiger partial charge on any atom is 0.512 e. The predicted molar refractivity (Wildman–Crippen MR) is 102 cm³/mol. The topological polar surface area (TPSA) is 126 Å². The maximum absolute atomic E-state index is 12.2. The SMILES string of the molecule is O=C(OC(n1c(O)ccc1O)C(Cl)(Cl)Cl)OC(n1c(O)ccc1O)C(Cl)(Cl)Cl. The van der Waals surface area contributed by atoms with Gasteiger partial charge in [0.25, 0.3) is 0 Å². The highest BCUT2D eigenvalue weighted by Gasteiger charge is 2.44. The zero-order chi connectivity index (χ0) is 21.4. The van der Waals surface area contributed by atoms with Gasteiger partial charge in [-0.1, -0.05) is 69.6 Å². The Bertz CT molecular complexity index is 749. The smallest absolute Gasteiger partial charge is 0.494 e. The molecule has 0 saturated heterocycles. The molecule has 0 bridgehead atoms. The summed E-state index contributed by atoms with van der Waals surface area (Å²) in [4.78, 5) is 12.2. The molecule has 2 aromatic heterocycles. The van der Waals surface area contributed by atoms with Crippen molar-refractivity contribution in [2.24, 2.45) is 0 Å². The van der Waals surface area contributed by atoms with Gasteiger partial charge in [-0.25, -0.2) is 13.9 Å². The van der Waals surface area contributed by atoms with E-state index in [0.717, 1.165) is 24.3 Å². The summed E-state index contributed by atoms with van der Waals surface area (Å²) in [7, 11) is 0. The fourth-order valence-electron chi connectivity index (χ4n) is 2.08. The van der Waals surface area contributed by atoms with Crippen LogP contribution in [0.2, 0.25) is 0 Å². The number of aromatic hydroxyl groups is 4. The zero-order valence-electron chi connectivity index (χ0n) is 13.1. The Hall–Kier alpha value is -1.23. The van der Waals surface area contributed by atoms with Crippen LogP contribution >= 0.6 is 69.6 Å². The van der Waals surface area contributed by atoms with Gasteiger partial charge in [-0.2, -0.15) is 0 Å².